The van der Waals surface area contributed by atoms with E-state index in [0.717, 1.165) is 0 Å². The summed E-state index contributed by atoms with van der Waals surface area (Å²) in [5, 5.41) is 8.68. The standard InChI is InChI=1S/C14H13N3O2S/c15-9-12-4-6-13(7-5-12)11-20(18,19)17-10-14-3-1-2-8-16-14/h1-8,17H,10-11H2. The Kier molecular flexibility index (Phi) is 4.45. The van der Waals surface area contributed by atoms with Crippen molar-refractivity contribution in [3.05, 3.63) is 65.5 Å². The van der Waals surface area contributed by atoms with E-state index < -0.39 is 10.0 Å². The highest BCUT2D eigenvalue weighted by Gasteiger charge is 2.11. The van der Waals surface area contributed by atoms with Gasteiger partial charge in [0.05, 0.1) is 29.6 Å². The highest BCUT2D eigenvalue weighted by atomic mass is 32.2. The second kappa shape index (κ2) is 6.28. The van der Waals surface area contributed by atoms with Gasteiger partial charge in [-0.25, -0.2) is 13.1 Å². The first kappa shape index (κ1) is 14.2. The first-order valence-corrected chi connectivity index (χ1v) is 7.60. The summed E-state index contributed by atoms with van der Waals surface area (Å²) in [4.78, 5) is 4.05. The monoisotopic (exact) mass is 287 g/mol. The molecule has 0 bridgehead atoms. The van der Waals surface area contributed by atoms with E-state index in [2.05, 4.69) is 9.71 Å². The normalized spacial score (nSPS) is 10.9. The number of sulfonamides is 1. The van der Waals surface area contributed by atoms with Crippen molar-refractivity contribution in [1.29, 1.82) is 5.26 Å². The molecule has 102 valence electrons. The predicted octanol–water partition coefficient (Wildman–Crippen LogP) is 1.57. The fourth-order valence-corrected chi connectivity index (χ4v) is 2.73. The average Bonchev–Trinajstić information content (AvgIpc) is 2.47. The lowest BCUT2D eigenvalue weighted by Crippen LogP contribution is -2.25. The maximum atomic E-state index is 11.9. The van der Waals surface area contributed by atoms with E-state index in [1.165, 1.54) is 0 Å². The smallest absolute Gasteiger partial charge is 0.216 e. The molecule has 20 heavy (non-hydrogen) atoms. The van der Waals surface area contributed by atoms with Crippen molar-refractivity contribution in [3.8, 4) is 6.07 Å². The van der Waals surface area contributed by atoms with E-state index in [4.69, 9.17) is 5.26 Å². The molecule has 1 aromatic heterocycles. The first-order valence-electron chi connectivity index (χ1n) is 5.95. The Morgan fingerprint density at radius 2 is 1.90 bits per heavy atom. The van der Waals surface area contributed by atoms with Crippen LogP contribution < -0.4 is 4.72 Å². The van der Waals surface area contributed by atoms with Gasteiger partial charge in [-0.15, -0.1) is 0 Å². The van der Waals surface area contributed by atoms with Gasteiger partial charge in [0.15, 0.2) is 0 Å². The Hall–Kier alpha value is -2.23. The molecule has 1 aromatic carbocycles. The average molecular weight is 287 g/mol. The van der Waals surface area contributed by atoms with Gasteiger partial charge in [0.2, 0.25) is 10.0 Å². The summed E-state index contributed by atoms with van der Waals surface area (Å²) in [7, 11) is -3.43. The zero-order valence-corrected chi connectivity index (χ0v) is 11.5. The molecule has 0 atom stereocenters. The number of nitrogens with zero attached hydrogens (tertiary/aromatic N) is 2. The van der Waals surface area contributed by atoms with E-state index in [0.29, 0.717) is 16.8 Å². The molecule has 0 radical (unpaired) electrons. The molecule has 1 heterocycles. The van der Waals surface area contributed by atoms with Crippen LogP contribution in [0.3, 0.4) is 0 Å². The summed E-state index contributed by atoms with van der Waals surface area (Å²) in [6, 6.07) is 13.8. The first-order chi connectivity index (χ1) is 9.59. The van der Waals surface area contributed by atoms with Crippen LogP contribution in [0.25, 0.3) is 0 Å². The lowest BCUT2D eigenvalue weighted by molar-refractivity contribution is 0.579. The van der Waals surface area contributed by atoms with Gasteiger partial charge >= 0.3 is 0 Å². The number of aromatic nitrogens is 1. The second-order valence-corrected chi connectivity index (χ2v) is 6.02. The molecule has 0 amide bonds. The number of pyridine rings is 1. The van der Waals surface area contributed by atoms with Crippen molar-refractivity contribution in [2.45, 2.75) is 12.3 Å². The van der Waals surface area contributed by atoms with Crippen molar-refractivity contribution in [2.24, 2.45) is 0 Å². The summed E-state index contributed by atoms with van der Waals surface area (Å²) in [6.45, 7) is 0.166. The van der Waals surface area contributed by atoms with Crippen molar-refractivity contribution >= 4 is 10.0 Å². The van der Waals surface area contributed by atoms with Crippen LogP contribution >= 0.6 is 0 Å². The van der Waals surface area contributed by atoms with Crippen LogP contribution in [0.15, 0.2) is 48.7 Å². The molecule has 5 nitrogen and oxygen atoms in total. The van der Waals surface area contributed by atoms with Crippen LogP contribution in [0.1, 0.15) is 16.8 Å². The number of benzene rings is 1. The SMILES string of the molecule is N#Cc1ccc(CS(=O)(=O)NCc2ccccn2)cc1. The Morgan fingerprint density at radius 3 is 2.50 bits per heavy atom. The van der Waals surface area contributed by atoms with Gasteiger partial charge in [0.1, 0.15) is 0 Å². The molecule has 0 aliphatic carbocycles. The summed E-state index contributed by atoms with van der Waals surface area (Å²) in [5.41, 5.74) is 1.81. The summed E-state index contributed by atoms with van der Waals surface area (Å²) < 4.78 is 26.3. The molecule has 0 fully saturated rings. The van der Waals surface area contributed by atoms with Gasteiger partial charge in [-0.3, -0.25) is 4.98 Å². The van der Waals surface area contributed by atoms with Crippen molar-refractivity contribution < 1.29 is 8.42 Å². The Balaban J connectivity index is 1.98. The lowest BCUT2D eigenvalue weighted by Gasteiger charge is -2.06. The molecular weight excluding hydrogens is 274 g/mol. The molecule has 2 aromatic rings. The fourth-order valence-electron chi connectivity index (χ4n) is 1.63. The number of hydrogen-bond donors (Lipinski definition) is 1. The van der Waals surface area contributed by atoms with E-state index in [9.17, 15) is 8.42 Å². The van der Waals surface area contributed by atoms with Gasteiger partial charge in [0, 0.05) is 6.20 Å². The molecule has 0 spiro atoms. The minimum Gasteiger partial charge on any atom is -0.260 e. The molecular formula is C14H13N3O2S. The minimum absolute atomic E-state index is 0.120. The van der Waals surface area contributed by atoms with Crippen LogP contribution in [0.4, 0.5) is 0 Å². The highest BCUT2D eigenvalue weighted by Crippen LogP contribution is 2.07. The molecule has 2 rings (SSSR count). The second-order valence-electron chi connectivity index (χ2n) is 4.21. The third kappa shape index (κ3) is 4.16. The van der Waals surface area contributed by atoms with Crippen molar-refractivity contribution in [2.75, 3.05) is 0 Å². The quantitative estimate of drug-likeness (QED) is 0.905. The molecule has 0 saturated carbocycles. The van der Waals surface area contributed by atoms with Crippen LogP contribution in [0, 0.1) is 11.3 Å². The number of nitrogens with one attached hydrogen (secondary N) is 1. The number of hydrogen-bond acceptors (Lipinski definition) is 4. The third-order valence-corrected chi connectivity index (χ3v) is 3.94. The molecule has 1 N–H and O–H groups in total. The van der Waals surface area contributed by atoms with Crippen LogP contribution in [0.2, 0.25) is 0 Å². The van der Waals surface area contributed by atoms with Gasteiger partial charge in [-0.1, -0.05) is 18.2 Å². The molecule has 0 unspecified atom stereocenters. The zero-order valence-electron chi connectivity index (χ0n) is 10.7. The molecule has 0 aliphatic heterocycles. The van der Waals surface area contributed by atoms with Gasteiger partial charge in [-0.2, -0.15) is 5.26 Å². The Bertz CT molecular complexity index is 704. The summed E-state index contributed by atoms with van der Waals surface area (Å²) in [6.07, 6.45) is 1.62. The van der Waals surface area contributed by atoms with Crippen LogP contribution in [-0.4, -0.2) is 13.4 Å². The van der Waals surface area contributed by atoms with E-state index in [-0.39, 0.29) is 12.3 Å². The highest BCUT2D eigenvalue weighted by molar-refractivity contribution is 7.88. The van der Waals surface area contributed by atoms with E-state index in [1.54, 1.807) is 48.7 Å². The van der Waals surface area contributed by atoms with Crippen LogP contribution in [-0.2, 0) is 22.3 Å². The summed E-state index contributed by atoms with van der Waals surface area (Å²) >= 11 is 0. The maximum Gasteiger partial charge on any atom is 0.216 e. The van der Waals surface area contributed by atoms with Gasteiger partial charge < -0.3 is 0 Å². The molecule has 6 heteroatoms. The maximum absolute atomic E-state index is 11.9. The fraction of sp³-hybridized carbons (Fsp3) is 0.143. The van der Waals surface area contributed by atoms with E-state index >= 15 is 0 Å². The van der Waals surface area contributed by atoms with Crippen molar-refractivity contribution in [1.82, 2.24) is 9.71 Å². The number of nitriles is 1. The van der Waals surface area contributed by atoms with Crippen molar-refractivity contribution in [3.63, 3.8) is 0 Å². The third-order valence-electron chi connectivity index (χ3n) is 2.64. The minimum atomic E-state index is -3.43. The van der Waals surface area contributed by atoms with Crippen LogP contribution in [0.5, 0.6) is 0 Å². The number of rotatable bonds is 5. The summed E-state index contributed by atoms with van der Waals surface area (Å²) in [5.74, 6) is -0.120. The predicted molar refractivity (Wildman–Crippen MR) is 74.9 cm³/mol. The molecule has 0 saturated heterocycles. The Labute approximate surface area is 118 Å². The zero-order chi connectivity index (χ0) is 14.4. The molecule has 0 aliphatic rings. The van der Waals surface area contributed by atoms with Gasteiger partial charge in [0.25, 0.3) is 0 Å². The topological polar surface area (TPSA) is 82.8 Å². The van der Waals surface area contributed by atoms with E-state index in [1.807, 2.05) is 6.07 Å². The van der Waals surface area contributed by atoms with Gasteiger partial charge in [-0.05, 0) is 29.8 Å². The lowest BCUT2D eigenvalue weighted by atomic mass is 10.2. The largest absolute Gasteiger partial charge is 0.260 e. The Morgan fingerprint density at radius 1 is 1.15 bits per heavy atom.